The van der Waals surface area contributed by atoms with Gasteiger partial charge in [-0.2, -0.15) is 0 Å². The summed E-state index contributed by atoms with van der Waals surface area (Å²) in [6.07, 6.45) is 6.20. The zero-order valence-electron chi connectivity index (χ0n) is 10.4. The molecule has 1 heterocycles. The van der Waals surface area contributed by atoms with Gasteiger partial charge in [0.1, 0.15) is 0 Å². The van der Waals surface area contributed by atoms with E-state index in [-0.39, 0.29) is 0 Å². The first kappa shape index (κ1) is 12.6. The molecular formula is C12H19N3O. The van der Waals surface area contributed by atoms with Crippen LogP contribution in [0.5, 0.6) is 0 Å². The summed E-state index contributed by atoms with van der Waals surface area (Å²) in [7, 11) is 5.74. The van der Waals surface area contributed by atoms with Gasteiger partial charge in [0.05, 0.1) is 31.0 Å². The Hall–Kier alpha value is -1.42. The van der Waals surface area contributed by atoms with Gasteiger partial charge in [0.25, 0.3) is 0 Å². The van der Waals surface area contributed by atoms with Gasteiger partial charge in [0.2, 0.25) is 0 Å². The highest BCUT2D eigenvalue weighted by Crippen LogP contribution is 2.15. The quantitative estimate of drug-likeness (QED) is 0.710. The number of aryl methyl sites for hydroxylation is 1. The molecule has 0 aliphatic carbocycles. The molecule has 0 fully saturated rings. The highest BCUT2D eigenvalue weighted by atomic mass is 16.5. The molecule has 16 heavy (non-hydrogen) atoms. The molecule has 0 unspecified atom stereocenters. The molecule has 88 valence electrons. The van der Waals surface area contributed by atoms with Crippen molar-refractivity contribution in [3.05, 3.63) is 30.0 Å². The van der Waals surface area contributed by atoms with E-state index >= 15 is 0 Å². The van der Waals surface area contributed by atoms with Crippen LogP contribution >= 0.6 is 0 Å². The molecule has 0 N–H and O–H groups in total. The standard InChI is InChI=1S/C12H19N3O/c1-10-7-14-12(8-13-10)11(9-16-4)5-6-15(2)3/h7-9H,5-6H2,1-4H3. The van der Waals surface area contributed by atoms with Crippen molar-refractivity contribution in [2.75, 3.05) is 27.7 Å². The van der Waals surface area contributed by atoms with Crippen LogP contribution in [0.3, 0.4) is 0 Å². The molecule has 1 aromatic rings. The topological polar surface area (TPSA) is 38.2 Å². The lowest BCUT2D eigenvalue weighted by Gasteiger charge is -2.11. The van der Waals surface area contributed by atoms with Crippen LogP contribution in [0.2, 0.25) is 0 Å². The summed E-state index contributed by atoms with van der Waals surface area (Å²) >= 11 is 0. The smallest absolute Gasteiger partial charge is 0.0879 e. The lowest BCUT2D eigenvalue weighted by Crippen LogP contribution is -2.13. The summed E-state index contributed by atoms with van der Waals surface area (Å²) in [5.41, 5.74) is 2.88. The zero-order valence-corrected chi connectivity index (χ0v) is 10.4. The zero-order chi connectivity index (χ0) is 12.0. The van der Waals surface area contributed by atoms with E-state index in [2.05, 4.69) is 14.9 Å². The Balaban J connectivity index is 2.77. The molecule has 4 heteroatoms. The third-order valence-corrected chi connectivity index (χ3v) is 2.20. The number of methoxy groups -OCH3 is 1. The van der Waals surface area contributed by atoms with E-state index < -0.39 is 0 Å². The highest BCUT2D eigenvalue weighted by Gasteiger charge is 2.05. The summed E-state index contributed by atoms with van der Waals surface area (Å²) in [5.74, 6) is 0. The van der Waals surface area contributed by atoms with Crippen molar-refractivity contribution in [3.8, 4) is 0 Å². The number of hydrogen-bond donors (Lipinski definition) is 0. The van der Waals surface area contributed by atoms with Crippen molar-refractivity contribution in [1.82, 2.24) is 14.9 Å². The van der Waals surface area contributed by atoms with Gasteiger partial charge in [-0.25, -0.2) is 0 Å². The van der Waals surface area contributed by atoms with Gasteiger partial charge in [-0.15, -0.1) is 0 Å². The minimum atomic E-state index is 0.884. The average molecular weight is 221 g/mol. The number of nitrogens with zero attached hydrogens (tertiary/aromatic N) is 3. The summed E-state index contributed by atoms with van der Waals surface area (Å²) < 4.78 is 5.07. The molecule has 0 saturated heterocycles. The van der Waals surface area contributed by atoms with E-state index in [9.17, 15) is 0 Å². The first-order valence-electron chi connectivity index (χ1n) is 5.29. The minimum Gasteiger partial charge on any atom is -0.504 e. The van der Waals surface area contributed by atoms with Crippen molar-refractivity contribution in [2.45, 2.75) is 13.3 Å². The number of ether oxygens (including phenoxy) is 1. The van der Waals surface area contributed by atoms with E-state index in [4.69, 9.17) is 4.74 Å². The van der Waals surface area contributed by atoms with E-state index in [1.165, 1.54) is 0 Å². The van der Waals surface area contributed by atoms with Crippen molar-refractivity contribution in [3.63, 3.8) is 0 Å². The fourth-order valence-electron chi connectivity index (χ4n) is 1.29. The van der Waals surface area contributed by atoms with Gasteiger partial charge in [-0.05, 0) is 27.4 Å². The van der Waals surface area contributed by atoms with Gasteiger partial charge < -0.3 is 9.64 Å². The average Bonchev–Trinajstić information content (AvgIpc) is 2.25. The Morgan fingerprint density at radius 3 is 2.62 bits per heavy atom. The maximum absolute atomic E-state index is 5.07. The second kappa shape index (κ2) is 6.23. The molecule has 4 nitrogen and oxygen atoms in total. The Kier molecular flexibility index (Phi) is 4.92. The SMILES string of the molecule is COC=C(CCN(C)C)c1cnc(C)cn1. The van der Waals surface area contributed by atoms with Gasteiger partial charge >= 0.3 is 0 Å². The predicted molar refractivity (Wildman–Crippen MR) is 64.9 cm³/mol. The van der Waals surface area contributed by atoms with Crippen LogP contribution in [0.1, 0.15) is 17.8 Å². The summed E-state index contributed by atoms with van der Waals surface area (Å²) in [6, 6.07) is 0. The fraction of sp³-hybridized carbons (Fsp3) is 0.500. The van der Waals surface area contributed by atoms with Crippen LogP contribution in [0, 0.1) is 6.92 Å². The third-order valence-electron chi connectivity index (χ3n) is 2.20. The number of aromatic nitrogens is 2. The molecule has 0 aromatic carbocycles. The molecule has 0 spiro atoms. The molecule has 0 amide bonds. The van der Waals surface area contributed by atoms with E-state index in [0.717, 1.165) is 29.9 Å². The normalized spacial score (nSPS) is 11.9. The van der Waals surface area contributed by atoms with Crippen LogP contribution < -0.4 is 0 Å². The molecule has 0 bridgehead atoms. The molecular weight excluding hydrogens is 202 g/mol. The molecule has 1 rings (SSSR count). The number of rotatable bonds is 5. The van der Waals surface area contributed by atoms with E-state index in [1.807, 2.05) is 21.0 Å². The lowest BCUT2D eigenvalue weighted by molar-refractivity contribution is 0.337. The Bertz CT molecular complexity index is 344. The molecule has 0 aliphatic heterocycles. The van der Waals surface area contributed by atoms with Crippen molar-refractivity contribution >= 4 is 5.57 Å². The highest BCUT2D eigenvalue weighted by molar-refractivity contribution is 5.60. The maximum Gasteiger partial charge on any atom is 0.0879 e. The molecule has 0 saturated carbocycles. The number of hydrogen-bond acceptors (Lipinski definition) is 4. The van der Waals surface area contributed by atoms with Crippen LogP contribution in [0.15, 0.2) is 18.7 Å². The Morgan fingerprint density at radius 2 is 2.12 bits per heavy atom. The first-order valence-corrected chi connectivity index (χ1v) is 5.29. The Labute approximate surface area is 97.0 Å². The maximum atomic E-state index is 5.07. The summed E-state index contributed by atoms with van der Waals surface area (Å²) in [4.78, 5) is 10.7. The monoisotopic (exact) mass is 221 g/mol. The second-order valence-electron chi connectivity index (χ2n) is 3.98. The van der Waals surface area contributed by atoms with Crippen LogP contribution in [0.25, 0.3) is 5.57 Å². The molecule has 0 aliphatic rings. The van der Waals surface area contributed by atoms with Gasteiger partial charge in [-0.1, -0.05) is 0 Å². The van der Waals surface area contributed by atoms with Crippen LogP contribution in [0.4, 0.5) is 0 Å². The van der Waals surface area contributed by atoms with Gasteiger partial charge in [0.15, 0.2) is 0 Å². The minimum absolute atomic E-state index is 0.884. The van der Waals surface area contributed by atoms with Gasteiger partial charge in [-0.3, -0.25) is 9.97 Å². The fourth-order valence-corrected chi connectivity index (χ4v) is 1.29. The lowest BCUT2D eigenvalue weighted by atomic mass is 10.1. The van der Waals surface area contributed by atoms with Crippen molar-refractivity contribution < 1.29 is 4.74 Å². The van der Waals surface area contributed by atoms with E-state index in [1.54, 1.807) is 25.8 Å². The summed E-state index contributed by atoms with van der Waals surface area (Å²) in [6.45, 7) is 2.89. The van der Waals surface area contributed by atoms with Crippen molar-refractivity contribution in [2.24, 2.45) is 0 Å². The van der Waals surface area contributed by atoms with Crippen LogP contribution in [-0.4, -0.2) is 42.6 Å². The predicted octanol–water partition coefficient (Wildman–Crippen LogP) is 1.72. The second-order valence-corrected chi connectivity index (χ2v) is 3.98. The van der Waals surface area contributed by atoms with Crippen molar-refractivity contribution in [1.29, 1.82) is 0 Å². The Morgan fingerprint density at radius 1 is 1.38 bits per heavy atom. The summed E-state index contributed by atoms with van der Waals surface area (Å²) in [5, 5.41) is 0. The molecule has 0 atom stereocenters. The van der Waals surface area contributed by atoms with E-state index in [0.29, 0.717) is 0 Å². The van der Waals surface area contributed by atoms with Crippen LogP contribution in [-0.2, 0) is 4.74 Å². The third kappa shape index (κ3) is 3.98. The molecule has 0 radical (unpaired) electrons. The van der Waals surface area contributed by atoms with Gasteiger partial charge in [0, 0.05) is 18.3 Å². The first-order chi connectivity index (χ1) is 7.63. The largest absolute Gasteiger partial charge is 0.504 e. The molecule has 1 aromatic heterocycles.